The van der Waals surface area contributed by atoms with Crippen LogP contribution in [0.25, 0.3) is 0 Å². The van der Waals surface area contributed by atoms with E-state index in [1.54, 1.807) is 0 Å². The minimum atomic E-state index is -0.128. The second kappa shape index (κ2) is 2.92. The first-order valence-electron chi connectivity index (χ1n) is 4.69. The van der Waals surface area contributed by atoms with Crippen molar-refractivity contribution in [3.05, 3.63) is 27.4 Å². The molecule has 0 saturated heterocycles. The van der Waals surface area contributed by atoms with E-state index in [9.17, 15) is 4.79 Å². The van der Waals surface area contributed by atoms with Gasteiger partial charge in [0.25, 0.3) is 5.56 Å². The van der Waals surface area contributed by atoms with Crippen molar-refractivity contribution in [2.75, 3.05) is 0 Å². The normalized spacial score (nSPS) is 15.6. The van der Waals surface area contributed by atoms with E-state index in [4.69, 9.17) is 4.74 Å². The molecule has 0 aliphatic carbocycles. The van der Waals surface area contributed by atoms with E-state index in [-0.39, 0.29) is 11.0 Å². The predicted octanol–water partition coefficient (Wildman–Crippen LogP) is 1.10. The maximum absolute atomic E-state index is 11.6. The maximum atomic E-state index is 11.6. The molecule has 1 aliphatic rings. The summed E-state index contributed by atoms with van der Waals surface area (Å²) in [6, 6.07) is 0. The first-order chi connectivity index (χ1) is 6.48. The highest BCUT2D eigenvalue weighted by Crippen LogP contribution is 2.20. The average Bonchev–Trinajstić information content (AvgIpc) is 2.50. The number of nitrogens with one attached hydrogen (secondary N) is 1. The van der Waals surface area contributed by atoms with Crippen molar-refractivity contribution in [2.24, 2.45) is 0 Å². The smallest absolute Gasteiger partial charge is 0.256 e. The molecule has 2 heterocycles. The summed E-state index contributed by atoms with van der Waals surface area (Å²) in [7, 11) is 0. The Hall–Kier alpha value is -1.16. The Morgan fingerprint density at radius 2 is 2.07 bits per heavy atom. The zero-order chi connectivity index (χ0) is 10.3. The number of aromatic nitrogens is 2. The molecule has 0 fully saturated rings. The molecule has 0 saturated carbocycles. The number of rotatable bonds is 0. The molecule has 2 rings (SSSR count). The van der Waals surface area contributed by atoms with Crippen LogP contribution < -0.4 is 5.56 Å². The van der Waals surface area contributed by atoms with Crippen molar-refractivity contribution in [3.63, 3.8) is 0 Å². The maximum Gasteiger partial charge on any atom is 0.256 e. The van der Waals surface area contributed by atoms with Gasteiger partial charge in [-0.3, -0.25) is 4.79 Å². The standard InChI is InChI=1S/C10H14N2O2/c1-10(2,3)9-11-7-5-14-4-6(7)8(13)12-9/h4-5H2,1-3H3,(H,11,12,13). The summed E-state index contributed by atoms with van der Waals surface area (Å²) in [5, 5.41) is 0. The molecule has 0 unspecified atom stereocenters. The summed E-state index contributed by atoms with van der Waals surface area (Å²) in [6.45, 7) is 6.92. The Balaban J connectivity index is 2.58. The fraction of sp³-hybridized carbons (Fsp3) is 0.600. The summed E-state index contributed by atoms with van der Waals surface area (Å²) in [4.78, 5) is 18.8. The summed E-state index contributed by atoms with van der Waals surface area (Å²) >= 11 is 0. The molecular weight excluding hydrogens is 180 g/mol. The van der Waals surface area contributed by atoms with Crippen LogP contribution in [0.3, 0.4) is 0 Å². The van der Waals surface area contributed by atoms with Gasteiger partial charge in [-0.2, -0.15) is 0 Å². The Labute approximate surface area is 82.3 Å². The van der Waals surface area contributed by atoms with E-state index in [0.717, 1.165) is 11.5 Å². The molecule has 4 heteroatoms. The van der Waals surface area contributed by atoms with Crippen molar-refractivity contribution >= 4 is 0 Å². The number of ether oxygens (including phenoxy) is 1. The van der Waals surface area contributed by atoms with Crippen LogP contribution in [0.1, 0.15) is 37.9 Å². The third-order valence-corrected chi connectivity index (χ3v) is 2.30. The van der Waals surface area contributed by atoms with Crippen LogP contribution in [0.4, 0.5) is 0 Å². The van der Waals surface area contributed by atoms with E-state index in [1.807, 2.05) is 20.8 Å². The number of hydrogen-bond donors (Lipinski definition) is 1. The summed E-state index contributed by atoms with van der Waals surface area (Å²) in [5.74, 6) is 0.728. The van der Waals surface area contributed by atoms with Crippen molar-refractivity contribution in [2.45, 2.75) is 39.4 Å². The monoisotopic (exact) mass is 194 g/mol. The topological polar surface area (TPSA) is 55.0 Å². The Kier molecular flexibility index (Phi) is 1.96. The molecule has 0 amide bonds. The fourth-order valence-corrected chi connectivity index (χ4v) is 1.42. The van der Waals surface area contributed by atoms with Gasteiger partial charge >= 0.3 is 0 Å². The van der Waals surface area contributed by atoms with Crippen LogP contribution in [0.15, 0.2) is 4.79 Å². The van der Waals surface area contributed by atoms with Crippen LogP contribution in [0, 0.1) is 0 Å². The van der Waals surface area contributed by atoms with Crippen molar-refractivity contribution in [3.8, 4) is 0 Å². The first kappa shape index (κ1) is 9.40. The third kappa shape index (κ3) is 1.46. The molecule has 0 radical (unpaired) electrons. The van der Waals surface area contributed by atoms with Crippen LogP contribution in [-0.4, -0.2) is 9.97 Å². The Bertz CT molecular complexity index is 415. The molecule has 1 aliphatic heterocycles. The quantitative estimate of drug-likeness (QED) is 0.672. The molecule has 4 nitrogen and oxygen atoms in total. The largest absolute Gasteiger partial charge is 0.370 e. The number of H-pyrrole nitrogens is 1. The molecule has 0 bridgehead atoms. The highest BCUT2D eigenvalue weighted by atomic mass is 16.5. The molecule has 76 valence electrons. The molecule has 14 heavy (non-hydrogen) atoms. The van der Waals surface area contributed by atoms with E-state index in [1.165, 1.54) is 0 Å². The lowest BCUT2D eigenvalue weighted by Gasteiger charge is -2.17. The van der Waals surface area contributed by atoms with Crippen molar-refractivity contribution < 1.29 is 4.74 Å². The second-order valence-corrected chi connectivity index (χ2v) is 4.58. The van der Waals surface area contributed by atoms with Gasteiger partial charge in [-0.05, 0) is 0 Å². The highest BCUT2D eigenvalue weighted by molar-refractivity contribution is 5.21. The van der Waals surface area contributed by atoms with Crippen LogP contribution >= 0.6 is 0 Å². The Morgan fingerprint density at radius 1 is 1.36 bits per heavy atom. The van der Waals surface area contributed by atoms with Gasteiger partial charge in [-0.15, -0.1) is 0 Å². The number of nitrogens with zero attached hydrogens (tertiary/aromatic N) is 1. The average molecular weight is 194 g/mol. The van der Waals surface area contributed by atoms with E-state index in [2.05, 4.69) is 9.97 Å². The minimum Gasteiger partial charge on any atom is -0.370 e. The molecule has 1 aromatic rings. The van der Waals surface area contributed by atoms with Gasteiger partial charge < -0.3 is 9.72 Å². The summed E-state index contributed by atoms with van der Waals surface area (Å²) in [5.41, 5.74) is 1.28. The minimum absolute atomic E-state index is 0.0579. The van der Waals surface area contributed by atoms with E-state index in [0.29, 0.717) is 18.8 Å². The zero-order valence-corrected chi connectivity index (χ0v) is 8.68. The number of hydrogen-bond acceptors (Lipinski definition) is 3. The highest BCUT2D eigenvalue weighted by Gasteiger charge is 2.22. The Morgan fingerprint density at radius 3 is 2.71 bits per heavy atom. The molecule has 1 aromatic heterocycles. The van der Waals surface area contributed by atoms with Gasteiger partial charge in [-0.25, -0.2) is 4.98 Å². The summed E-state index contributed by atoms with van der Waals surface area (Å²) in [6.07, 6.45) is 0. The lowest BCUT2D eigenvalue weighted by Crippen LogP contribution is -2.24. The lowest BCUT2D eigenvalue weighted by molar-refractivity contribution is 0.132. The molecule has 0 aromatic carbocycles. The fourth-order valence-electron chi connectivity index (χ4n) is 1.42. The van der Waals surface area contributed by atoms with Gasteiger partial charge in [-0.1, -0.05) is 20.8 Å². The first-order valence-corrected chi connectivity index (χ1v) is 4.69. The van der Waals surface area contributed by atoms with Crippen LogP contribution in [-0.2, 0) is 23.4 Å². The van der Waals surface area contributed by atoms with Crippen molar-refractivity contribution in [1.82, 2.24) is 9.97 Å². The number of fused-ring (bicyclic) bond motifs is 1. The van der Waals surface area contributed by atoms with Gasteiger partial charge in [0, 0.05) is 5.41 Å². The van der Waals surface area contributed by atoms with Crippen LogP contribution in [0.2, 0.25) is 0 Å². The SMILES string of the molecule is CC(C)(C)c1nc2c(c(=O)[nH]1)COC2. The van der Waals surface area contributed by atoms with Crippen LogP contribution in [0.5, 0.6) is 0 Å². The third-order valence-electron chi connectivity index (χ3n) is 2.30. The van der Waals surface area contributed by atoms with Gasteiger partial charge in [0.05, 0.1) is 24.5 Å². The molecule has 0 atom stereocenters. The lowest BCUT2D eigenvalue weighted by atomic mass is 9.95. The molecular formula is C10H14N2O2. The number of aromatic amines is 1. The second-order valence-electron chi connectivity index (χ2n) is 4.58. The van der Waals surface area contributed by atoms with E-state index < -0.39 is 0 Å². The van der Waals surface area contributed by atoms with Gasteiger partial charge in [0.15, 0.2) is 0 Å². The van der Waals surface area contributed by atoms with Gasteiger partial charge in [0.1, 0.15) is 5.82 Å². The predicted molar refractivity (Wildman–Crippen MR) is 52.1 cm³/mol. The zero-order valence-electron chi connectivity index (χ0n) is 8.68. The van der Waals surface area contributed by atoms with Gasteiger partial charge in [0.2, 0.25) is 0 Å². The molecule has 1 N–H and O–H groups in total. The summed E-state index contributed by atoms with van der Waals surface area (Å²) < 4.78 is 5.18. The molecule has 0 spiro atoms. The van der Waals surface area contributed by atoms with Crippen molar-refractivity contribution in [1.29, 1.82) is 0 Å². The van der Waals surface area contributed by atoms with E-state index >= 15 is 0 Å².